The standard InChI is InChI=1S/C18H25N3O2/c1-11-9-12(7-8-19-11)16(22)20-13-5-6-15-14(10-13)21-17(23-15)18(2,3)4/h5-6,10-12,19H,7-9H2,1-4H3,(H,20,22)/t11-,12-/m0/s1. The molecule has 0 spiro atoms. The molecule has 0 radical (unpaired) electrons. The molecule has 1 aromatic carbocycles. The van der Waals surface area contributed by atoms with Crippen LogP contribution in [0.4, 0.5) is 5.69 Å². The fraction of sp³-hybridized carbons (Fsp3) is 0.556. The summed E-state index contributed by atoms with van der Waals surface area (Å²) in [6, 6.07) is 6.03. The summed E-state index contributed by atoms with van der Waals surface area (Å²) in [5.41, 5.74) is 2.19. The average Bonchev–Trinajstić information content (AvgIpc) is 2.90. The van der Waals surface area contributed by atoms with Crippen molar-refractivity contribution in [1.82, 2.24) is 10.3 Å². The molecule has 5 nitrogen and oxygen atoms in total. The molecule has 0 aliphatic carbocycles. The number of carbonyl (C=O) groups is 1. The van der Waals surface area contributed by atoms with E-state index >= 15 is 0 Å². The van der Waals surface area contributed by atoms with Gasteiger partial charge >= 0.3 is 0 Å². The van der Waals surface area contributed by atoms with Crippen LogP contribution in [0.15, 0.2) is 22.6 Å². The van der Waals surface area contributed by atoms with E-state index in [2.05, 4.69) is 43.3 Å². The molecular weight excluding hydrogens is 290 g/mol. The second-order valence-electron chi connectivity index (χ2n) is 7.52. The number of fused-ring (bicyclic) bond motifs is 1. The van der Waals surface area contributed by atoms with Crippen LogP contribution in [-0.4, -0.2) is 23.5 Å². The SMILES string of the molecule is C[C@H]1C[C@@H](C(=O)Nc2ccc3oc(C(C)(C)C)nc3c2)CCN1. The van der Waals surface area contributed by atoms with E-state index in [1.807, 2.05) is 18.2 Å². The van der Waals surface area contributed by atoms with Crippen molar-refractivity contribution in [2.45, 2.75) is 52.0 Å². The van der Waals surface area contributed by atoms with Crippen molar-refractivity contribution in [2.75, 3.05) is 11.9 Å². The lowest BCUT2D eigenvalue weighted by Gasteiger charge is -2.27. The molecule has 5 heteroatoms. The first kappa shape index (κ1) is 16.0. The highest BCUT2D eigenvalue weighted by Crippen LogP contribution is 2.27. The molecule has 1 aromatic heterocycles. The van der Waals surface area contributed by atoms with Gasteiger partial charge in [-0.1, -0.05) is 20.8 Å². The number of anilines is 1. The summed E-state index contributed by atoms with van der Waals surface area (Å²) >= 11 is 0. The zero-order valence-corrected chi connectivity index (χ0v) is 14.3. The number of hydrogen-bond donors (Lipinski definition) is 2. The predicted octanol–water partition coefficient (Wildman–Crippen LogP) is 3.45. The Morgan fingerprint density at radius 1 is 1.39 bits per heavy atom. The van der Waals surface area contributed by atoms with Gasteiger partial charge in [0.15, 0.2) is 5.58 Å². The quantitative estimate of drug-likeness (QED) is 0.890. The summed E-state index contributed by atoms with van der Waals surface area (Å²) in [5, 5.41) is 6.39. The van der Waals surface area contributed by atoms with Gasteiger partial charge in [0, 0.05) is 23.1 Å². The van der Waals surface area contributed by atoms with Crippen LogP contribution in [0.25, 0.3) is 11.1 Å². The lowest BCUT2D eigenvalue weighted by Crippen LogP contribution is -2.40. The van der Waals surface area contributed by atoms with Gasteiger partial charge in [0.25, 0.3) is 0 Å². The van der Waals surface area contributed by atoms with Crippen LogP contribution < -0.4 is 10.6 Å². The maximum absolute atomic E-state index is 12.4. The molecule has 23 heavy (non-hydrogen) atoms. The van der Waals surface area contributed by atoms with E-state index < -0.39 is 0 Å². The third kappa shape index (κ3) is 3.55. The predicted molar refractivity (Wildman–Crippen MR) is 91.5 cm³/mol. The third-order valence-corrected chi connectivity index (χ3v) is 4.29. The number of amides is 1. The van der Waals surface area contributed by atoms with Gasteiger partial charge in [-0.25, -0.2) is 4.98 Å². The molecule has 3 rings (SSSR count). The van der Waals surface area contributed by atoms with Gasteiger partial charge in [0.2, 0.25) is 11.8 Å². The normalized spacial score (nSPS) is 22.3. The van der Waals surface area contributed by atoms with E-state index in [9.17, 15) is 4.79 Å². The lowest BCUT2D eigenvalue weighted by atomic mass is 9.92. The highest BCUT2D eigenvalue weighted by atomic mass is 16.3. The number of benzene rings is 1. The largest absolute Gasteiger partial charge is 0.440 e. The zero-order chi connectivity index (χ0) is 16.6. The first-order chi connectivity index (χ1) is 10.8. The first-order valence-electron chi connectivity index (χ1n) is 8.28. The Morgan fingerprint density at radius 2 is 2.17 bits per heavy atom. The zero-order valence-electron chi connectivity index (χ0n) is 14.3. The van der Waals surface area contributed by atoms with Crippen molar-refractivity contribution in [1.29, 1.82) is 0 Å². The Kier molecular flexibility index (Phi) is 4.15. The molecule has 0 unspecified atom stereocenters. The number of rotatable bonds is 2. The first-order valence-corrected chi connectivity index (χ1v) is 8.28. The molecule has 2 atom stereocenters. The lowest BCUT2D eigenvalue weighted by molar-refractivity contribution is -0.120. The van der Waals surface area contributed by atoms with Crippen molar-refractivity contribution in [2.24, 2.45) is 5.92 Å². The topological polar surface area (TPSA) is 67.2 Å². The summed E-state index contributed by atoms with van der Waals surface area (Å²) in [7, 11) is 0. The third-order valence-electron chi connectivity index (χ3n) is 4.29. The Morgan fingerprint density at radius 3 is 2.87 bits per heavy atom. The number of nitrogens with one attached hydrogen (secondary N) is 2. The van der Waals surface area contributed by atoms with Gasteiger partial charge in [0.1, 0.15) is 5.52 Å². The number of hydrogen-bond acceptors (Lipinski definition) is 4. The van der Waals surface area contributed by atoms with Crippen LogP contribution in [-0.2, 0) is 10.2 Å². The molecule has 2 aromatic rings. The van der Waals surface area contributed by atoms with Crippen LogP contribution in [0.2, 0.25) is 0 Å². The van der Waals surface area contributed by atoms with Gasteiger partial charge in [-0.15, -0.1) is 0 Å². The van der Waals surface area contributed by atoms with E-state index in [0.717, 1.165) is 36.2 Å². The Balaban J connectivity index is 1.76. The van der Waals surface area contributed by atoms with Gasteiger partial charge in [-0.2, -0.15) is 0 Å². The minimum Gasteiger partial charge on any atom is -0.440 e. The molecule has 0 bridgehead atoms. The Bertz CT molecular complexity index is 715. The maximum atomic E-state index is 12.4. The van der Waals surface area contributed by atoms with E-state index in [-0.39, 0.29) is 17.2 Å². The maximum Gasteiger partial charge on any atom is 0.227 e. The summed E-state index contributed by atoms with van der Waals surface area (Å²) < 4.78 is 5.79. The van der Waals surface area contributed by atoms with Gasteiger partial charge in [0.05, 0.1) is 0 Å². The molecule has 1 aliphatic heterocycles. The van der Waals surface area contributed by atoms with Crippen molar-refractivity contribution >= 4 is 22.7 Å². The minimum absolute atomic E-state index is 0.0735. The fourth-order valence-corrected chi connectivity index (χ4v) is 2.94. The molecule has 2 N–H and O–H groups in total. The van der Waals surface area contributed by atoms with Crippen molar-refractivity contribution in [3.8, 4) is 0 Å². The van der Waals surface area contributed by atoms with E-state index in [4.69, 9.17) is 4.42 Å². The molecule has 0 saturated carbocycles. The van der Waals surface area contributed by atoms with E-state index in [1.54, 1.807) is 0 Å². The summed E-state index contributed by atoms with van der Waals surface area (Å²) in [5.74, 6) is 0.879. The van der Waals surface area contributed by atoms with Crippen molar-refractivity contribution in [3.05, 3.63) is 24.1 Å². The van der Waals surface area contributed by atoms with Gasteiger partial charge < -0.3 is 15.1 Å². The second kappa shape index (κ2) is 5.96. The molecule has 2 heterocycles. The van der Waals surface area contributed by atoms with Gasteiger partial charge in [-0.3, -0.25) is 4.79 Å². The number of oxazole rings is 1. The Labute approximate surface area is 136 Å². The fourth-order valence-electron chi connectivity index (χ4n) is 2.94. The highest BCUT2D eigenvalue weighted by Gasteiger charge is 2.25. The van der Waals surface area contributed by atoms with Crippen LogP contribution in [0.3, 0.4) is 0 Å². The smallest absolute Gasteiger partial charge is 0.227 e. The number of aromatic nitrogens is 1. The summed E-state index contributed by atoms with van der Waals surface area (Å²) in [4.78, 5) is 17.0. The summed E-state index contributed by atoms with van der Waals surface area (Å²) in [6.07, 6.45) is 1.77. The second-order valence-corrected chi connectivity index (χ2v) is 7.52. The number of nitrogens with zero attached hydrogens (tertiary/aromatic N) is 1. The molecule has 1 fully saturated rings. The summed E-state index contributed by atoms with van der Waals surface area (Å²) in [6.45, 7) is 9.22. The molecular formula is C18H25N3O2. The van der Waals surface area contributed by atoms with Crippen molar-refractivity contribution in [3.63, 3.8) is 0 Å². The monoisotopic (exact) mass is 315 g/mol. The highest BCUT2D eigenvalue weighted by molar-refractivity contribution is 5.94. The molecule has 1 amide bonds. The number of carbonyl (C=O) groups excluding carboxylic acids is 1. The minimum atomic E-state index is -0.131. The van der Waals surface area contributed by atoms with Crippen LogP contribution >= 0.6 is 0 Å². The molecule has 124 valence electrons. The molecule has 1 aliphatic rings. The van der Waals surface area contributed by atoms with Crippen LogP contribution in [0.1, 0.15) is 46.4 Å². The van der Waals surface area contributed by atoms with Crippen molar-refractivity contribution < 1.29 is 9.21 Å². The molecule has 1 saturated heterocycles. The van der Waals surface area contributed by atoms with Gasteiger partial charge in [-0.05, 0) is 44.5 Å². The average molecular weight is 315 g/mol. The van der Waals surface area contributed by atoms with E-state index in [1.165, 1.54) is 0 Å². The van der Waals surface area contributed by atoms with E-state index in [0.29, 0.717) is 11.9 Å². The number of piperidine rings is 1. The van der Waals surface area contributed by atoms with Crippen LogP contribution in [0, 0.1) is 5.92 Å². The van der Waals surface area contributed by atoms with Crippen LogP contribution in [0.5, 0.6) is 0 Å². The Hall–Kier alpha value is -1.88.